The Bertz CT molecular complexity index is 295. The first-order valence-corrected chi connectivity index (χ1v) is 4.94. The molecule has 74 valence electrons. The summed E-state index contributed by atoms with van der Waals surface area (Å²) in [7, 11) is -7.40. The number of aliphatic hydroxyl groups excluding tert-OH is 1. The molecule has 0 aliphatic rings. The molecule has 0 aromatic heterocycles. The molecule has 0 aliphatic carbocycles. The molecule has 0 saturated carbocycles. The Morgan fingerprint density at radius 1 is 1.29 bits per heavy atom. The smallest absolute Gasteiger partial charge is 0.748 e. The summed E-state index contributed by atoms with van der Waals surface area (Å²) < 4.78 is 54.4. The Morgan fingerprint density at radius 2 is 1.50 bits per heavy atom. The van der Waals surface area contributed by atoms with E-state index in [1.54, 1.807) is 0 Å². The maximum absolute atomic E-state index is 9.69. The fourth-order valence-electron chi connectivity index (χ4n) is 0.236. The molecule has 0 heterocycles. The standard InChI is InChI=1S/C3H7O4S.2Na.O3S/c1-3(4)2-8(5,6)7;;;1-4(2)3/h3-4H,1-2H2,(H,5,6,7);;;/q-1;2*+1;/p-1. The summed E-state index contributed by atoms with van der Waals surface area (Å²) >= 11 is 0. The second-order valence-corrected chi connectivity index (χ2v) is 3.44. The van der Waals surface area contributed by atoms with Gasteiger partial charge >= 0.3 is 69.7 Å². The second-order valence-electron chi connectivity index (χ2n) is 1.58. The van der Waals surface area contributed by atoms with Crippen LogP contribution in [0.2, 0.25) is 0 Å². The largest absolute Gasteiger partial charge is 1.00 e. The fourth-order valence-corrected chi connectivity index (χ4v) is 0.707. The van der Waals surface area contributed by atoms with E-state index in [4.69, 9.17) is 17.7 Å². The summed E-state index contributed by atoms with van der Waals surface area (Å²) in [6, 6.07) is 0. The Labute approximate surface area is 128 Å². The third-order valence-electron chi connectivity index (χ3n) is 0.397. The number of hydrogen-bond donors (Lipinski definition) is 1. The van der Waals surface area contributed by atoms with E-state index in [9.17, 15) is 13.0 Å². The van der Waals surface area contributed by atoms with Crippen LogP contribution in [0.5, 0.6) is 0 Å². The van der Waals surface area contributed by atoms with Crippen molar-refractivity contribution in [2.75, 3.05) is 5.75 Å². The van der Waals surface area contributed by atoms with E-state index in [2.05, 4.69) is 6.92 Å². The molecule has 0 aliphatic heterocycles. The van der Waals surface area contributed by atoms with Crippen LogP contribution < -0.4 is 59.1 Å². The molecule has 0 amide bonds. The monoisotopic (exact) mass is 264 g/mol. The number of aliphatic hydroxyl groups is 1. The van der Waals surface area contributed by atoms with Gasteiger partial charge in [0.05, 0.1) is 10.1 Å². The van der Waals surface area contributed by atoms with Gasteiger partial charge in [0, 0.05) is 5.75 Å². The van der Waals surface area contributed by atoms with Gasteiger partial charge in [-0.3, -0.25) is 0 Å². The first-order chi connectivity index (χ1) is 5.15. The molecule has 0 rings (SSSR count). The Kier molecular flexibility index (Phi) is 22.1. The summed E-state index contributed by atoms with van der Waals surface area (Å²) in [6.07, 6.45) is -1.31. The first kappa shape index (κ1) is 24.6. The van der Waals surface area contributed by atoms with E-state index in [1.807, 2.05) is 0 Å². The van der Waals surface area contributed by atoms with E-state index >= 15 is 0 Å². The molecule has 7 nitrogen and oxygen atoms in total. The Hall–Kier alpha value is 1.49. The third-order valence-corrected chi connectivity index (χ3v) is 1.19. The molecular weight excluding hydrogens is 258 g/mol. The number of rotatable bonds is 2. The van der Waals surface area contributed by atoms with Crippen LogP contribution in [-0.2, 0) is 20.7 Å². The van der Waals surface area contributed by atoms with Crippen LogP contribution in [0.1, 0.15) is 0 Å². The summed E-state index contributed by atoms with van der Waals surface area (Å²) in [4.78, 5) is 0. The zero-order valence-electron chi connectivity index (χ0n) is 7.70. The van der Waals surface area contributed by atoms with Gasteiger partial charge in [0.15, 0.2) is 0 Å². The van der Waals surface area contributed by atoms with Crippen molar-refractivity contribution in [3.05, 3.63) is 6.92 Å². The summed E-state index contributed by atoms with van der Waals surface area (Å²) in [5.74, 6) is -0.812. The predicted octanol–water partition coefficient (Wildman–Crippen LogP) is -8.27. The van der Waals surface area contributed by atoms with Gasteiger partial charge in [-0.15, -0.1) is 12.6 Å². The topological polar surface area (TPSA) is 129 Å². The van der Waals surface area contributed by atoms with Gasteiger partial charge in [-0.05, 0) is 0 Å². The van der Waals surface area contributed by atoms with Gasteiger partial charge in [0.2, 0.25) is 0 Å². The third kappa shape index (κ3) is 50.0. The molecule has 1 unspecified atom stereocenters. The predicted molar refractivity (Wildman–Crippen MR) is 35.6 cm³/mol. The zero-order chi connectivity index (χ0) is 10.4. The van der Waals surface area contributed by atoms with E-state index < -0.39 is 32.6 Å². The van der Waals surface area contributed by atoms with Crippen molar-refractivity contribution in [3.63, 3.8) is 0 Å². The average Bonchev–Trinajstić information content (AvgIpc) is 1.52. The molecule has 1 N–H and O–H groups in total. The maximum atomic E-state index is 9.69. The van der Waals surface area contributed by atoms with Crippen LogP contribution in [0.25, 0.3) is 0 Å². The molecule has 0 bridgehead atoms. The molecule has 0 aromatic rings. The van der Waals surface area contributed by atoms with Crippen LogP contribution in [0, 0.1) is 6.92 Å². The molecule has 14 heavy (non-hydrogen) atoms. The van der Waals surface area contributed by atoms with Crippen molar-refractivity contribution in [3.8, 4) is 0 Å². The van der Waals surface area contributed by atoms with E-state index in [-0.39, 0.29) is 59.1 Å². The van der Waals surface area contributed by atoms with Crippen LogP contribution in [0.3, 0.4) is 0 Å². The van der Waals surface area contributed by atoms with Crippen molar-refractivity contribution in [2.45, 2.75) is 6.10 Å². The van der Waals surface area contributed by atoms with Crippen molar-refractivity contribution in [1.82, 2.24) is 0 Å². The molecular formula is C3H6Na2O7S2. The van der Waals surface area contributed by atoms with Crippen molar-refractivity contribution in [1.29, 1.82) is 0 Å². The van der Waals surface area contributed by atoms with Crippen molar-refractivity contribution < 1.29 is 89.8 Å². The quantitative estimate of drug-likeness (QED) is 0.298. The molecule has 0 spiro atoms. The van der Waals surface area contributed by atoms with E-state index in [0.717, 1.165) is 0 Å². The summed E-state index contributed by atoms with van der Waals surface area (Å²) in [6.45, 7) is 2.90. The summed E-state index contributed by atoms with van der Waals surface area (Å²) in [5.41, 5.74) is 0. The van der Waals surface area contributed by atoms with Crippen LogP contribution in [0.4, 0.5) is 0 Å². The SMILES string of the molecule is O=S(=O)=O.[CH2-]C(O)CS(=O)(=O)[O-].[Na+].[Na+]. The van der Waals surface area contributed by atoms with Crippen molar-refractivity contribution in [2.24, 2.45) is 0 Å². The molecule has 11 heteroatoms. The van der Waals surface area contributed by atoms with Gasteiger partial charge in [-0.1, -0.05) is 6.10 Å². The second kappa shape index (κ2) is 12.6. The van der Waals surface area contributed by atoms with Crippen LogP contribution in [0.15, 0.2) is 0 Å². The van der Waals surface area contributed by atoms with Gasteiger partial charge in [0.1, 0.15) is 0 Å². The first-order valence-electron chi connectivity index (χ1n) is 2.36. The minimum Gasteiger partial charge on any atom is -0.748 e. The molecule has 0 fully saturated rings. The fraction of sp³-hybridized carbons (Fsp3) is 0.667. The molecule has 1 atom stereocenters. The minimum absolute atomic E-state index is 0. The molecule has 0 radical (unpaired) electrons. The number of hydrogen-bond acceptors (Lipinski definition) is 7. The molecule has 0 saturated heterocycles. The van der Waals surface area contributed by atoms with Crippen LogP contribution >= 0.6 is 0 Å². The zero-order valence-corrected chi connectivity index (χ0v) is 13.3. The normalized spacial score (nSPS) is 10.8. The van der Waals surface area contributed by atoms with Crippen molar-refractivity contribution >= 4 is 20.7 Å². The van der Waals surface area contributed by atoms with Gasteiger partial charge < -0.3 is 16.6 Å². The minimum atomic E-state index is -4.29. The van der Waals surface area contributed by atoms with Gasteiger partial charge in [-0.25, -0.2) is 8.42 Å². The Balaban J connectivity index is -0.0000000733. The van der Waals surface area contributed by atoms with Gasteiger partial charge in [-0.2, -0.15) is 0 Å². The summed E-state index contributed by atoms with van der Waals surface area (Å²) in [5, 5.41) is 8.20. The maximum Gasteiger partial charge on any atom is 1.00 e. The molecule has 0 aromatic carbocycles. The van der Waals surface area contributed by atoms with E-state index in [1.165, 1.54) is 0 Å². The van der Waals surface area contributed by atoms with E-state index in [0.29, 0.717) is 0 Å². The van der Waals surface area contributed by atoms with Gasteiger partial charge in [0.25, 0.3) is 0 Å². The average molecular weight is 264 g/mol. The Morgan fingerprint density at radius 3 is 1.50 bits per heavy atom. The van der Waals surface area contributed by atoms with Crippen LogP contribution in [-0.4, -0.2) is 42.6 Å².